The fourth-order valence-corrected chi connectivity index (χ4v) is 4.28. The molecule has 0 spiro atoms. The summed E-state index contributed by atoms with van der Waals surface area (Å²) in [7, 11) is -0.975. The highest BCUT2D eigenvalue weighted by Crippen LogP contribution is 2.33. The number of nitrogens with one attached hydrogen (secondary N) is 2. The number of benzene rings is 2. The average Bonchev–Trinajstić information content (AvgIpc) is 3.46. The predicted octanol–water partition coefficient (Wildman–Crippen LogP) is 2.60. The third-order valence-electron chi connectivity index (χ3n) is 6.32. The number of rotatable bonds is 8. The molecule has 0 fully saturated rings. The van der Waals surface area contributed by atoms with Crippen molar-refractivity contribution in [1.82, 2.24) is 20.1 Å². The van der Waals surface area contributed by atoms with Crippen molar-refractivity contribution in [3.63, 3.8) is 0 Å². The molecule has 2 aromatic heterocycles. The monoisotopic (exact) mass is 516 g/mol. The van der Waals surface area contributed by atoms with Gasteiger partial charge in [-0.2, -0.15) is 9.97 Å². The summed E-state index contributed by atoms with van der Waals surface area (Å²) in [6.45, 7) is 6.71. The highest BCUT2D eigenvalue weighted by atomic mass is 16.5. The largest absolute Gasteiger partial charge is 0.492 e. The van der Waals surface area contributed by atoms with Gasteiger partial charge in [0.15, 0.2) is 0 Å². The SMILES string of the molecule is CC(C)(O)c1noc(-c2cnc(Nc3ccc4c(c3)C(C)(C)OB4O)nc2N[C@H](CO)c2ccccc2)n1. The quantitative estimate of drug-likeness (QED) is 0.219. The summed E-state index contributed by atoms with van der Waals surface area (Å²) in [6.07, 6.45) is 1.53. The number of aliphatic hydroxyl groups is 2. The Balaban J connectivity index is 1.51. The van der Waals surface area contributed by atoms with Crippen LogP contribution in [-0.4, -0.2) is 49.1 Å². The standard InChI is InChI=1S/C26H29BN6O5/c1-25(2,35)23-32-22(37-33-23)17-13-28-24(31-21(17)30-20(14-34)15-8-6-5-7-9-15)29-16-10-11-19-18(12-16)26(3,4)38-27(19)36/h5-13,20,34-36H,14H2,1-4H3,(H2,28,29,30,31)/t20-/m1/s1. The van der Waals surface area contributed by atoms with Gasteiger partial charge in [-0.25, -0.2) is 4.98 Å². The molecule has 1 aliphatic heterocycles. The van der Waals surface area contributed by atoms with Crippen LogP contribution in [0.15, 0.2) is 59.3 Å². The van der Waals surface area contributed by atoms with Gasteiger partial charge in [0, 0.05) is 11.9 Å². The Morgan fingerprint density at radius 2 is 1.87 bits per heavy atom. The minimum atomic E-state index is -1.30. The van der Waals surface area contributed by atoms with E-state index in [1.165, 1.54) is 6.20 Å². The number of aromatic nitrogens is 4. The summed E-state index contributed by atoms with van der Waals surface area (Å²) in [5, 5.41) is 41.0. The average molecular weight is 516 g/mol. The first-order chi connectivity index (χ1) is 18.0. The van der Waals surface area contributed by atoms with E-state index in [4.69, 9.17) is 9.18 Å². The zero-order chi connectivity index (χ0) is 27.1. The van der Waals surface area contributed by atoms with E-state index in [1.807, 2.05) is 56.3 Å². The van der Waals surface area contributed by atoms with Crippen LogP contribution in [0.3, 0.4) is 0 Å². The highest BCUT2D eigenvalue weighted by Gasteiger charge is 2.40. The lowest BCUT2D eigenvalue weighted by Crippen LogP contribution is -2.28. The van der Waals surface area contributed by atoms with Crippen molar-refractivity contribution in [2.75, 3.05) is 17.2 Å². The first kappa shape index (κ1) is 25.8. The molecule has 0 bridgehead atoms. The van der Waals surface area contributed by atoms with E-state index in [2.05, 4.69) is 30.7 Å². The lowest BCUT2D eigenvalue weighted by Gasteiger charge is -2.21. The van der Waals surface area contributed by atoms with Crippen molar-refractivity contribution in [1.29, 1.82) is 0 Å². The van der Waals surface area contributed by atoms with Crippen LogP contribution in [0.25, 0.3) is 11.5 Å². The Hall–Kier alpha value is -3.84. The van der Waals surface area contributed by atoms with Crippen LogP contribution in [-0.2, 0) is 15.9 Å². The maximum atomic E-state index is 10.3. The maximum Gasteiger partial charge on any atom is 0.492 e. The lowest BCUT2D eigenvalue weighted by atomic mass is 9.78. The molecule has 5 rings (SSSR count). The maximum absolute atomic E-state index is 10.3. The molecular weight excluding hydrogens is 487 g/mol. The molecule has 3 heterocycles. The fraction of sp³-hybridized carbons (Fsp3) is 0.308. The summed E-state index contributed by atoms with van der Waals surface area (Å²) in [5.74, 6) is 0.857. The van der Waals surface area contributed by atoms with Crippen molar-refractivity contribution in [2.24, 2.45) is 0 Å². The van der Waals surface area contributed by atoms with Gasteiger partial charge in [-0.15, -0.1) is 0 Å². The first-order valence-corrected chi connectivity index (χ1v) is 12.2. The van der Waals surface area contributed by atoms with Crippen molar-refractivity contribution >= 4 is 30.0 Å². The second kappa shape index (κ2) is 9.80. The number of nitrogens with zero attached hydrogens (tertiary/aromatic N) is 4. The Kier molecular flexibility index (Phi) is 6.65. The molecule has 5 N–H and O–H groups in total. The summed E-state index contributed by atoms with van der Waals surface area (Å²) in [4.78, 5) is 13.4. The molecule has 0 unspecified atom stereocenters. The van der Waals surface area contributed by atoms with Gasteiger partial charge in [0.2, 0.25) is 11.8 Å². The molecule has 0 amide bonds. The molecule has 38 heavy (non-hydrogen) atoms. The van der Waals surface area contributed by atoms with Crippen LogP contribution >= 0.6 is 0 Å². The molecule has 2 aromatic carbocycles. The molecule has 1 atom stereocenters. The molecule has 196 valence electrons. The van der Waals surface area contributed by atoms with E-state index in [0.29, 0.717) is 22.5 Å². The number of anilines is 3. The van der Waals surface area contributed by atoms with Gasteiger partial charge in [-0.05, 0) is 56.4 Å². The van der Waals surface area contributed by atoms with Gasteiger partial charge in [-0.3, -0.25) is 0 Å². The summed E-state index contributed by atoms with van der Waals surface area (Å²) >= 11 is 0. The van der Waals surface area contributed by atoms with Gasteiger partial charge in [0.05, 0.1) is 18.2 Å². The smallest absolute Gasteiger partial charge is 0.423 e. The van der Waals surface area contributed by atoms with E-state index < -0.39 is 24.4 Å². The van der Waals surface area contributed by atoms with E-state index in [-0.39, 0.29) is 24.3 Å². The minimum absolute atomic E-state index is 0.117. The van der Waals surface area contributed by atoms with E-state index in [0.717, 1.165) is 11.1 Å². The number of fused-ring (bicyclic) bond motifs is 1. The van der Waals surface area contributed by atoms with Crippen molar-refractivity contribution in [3.05, 3.63) is 71.7 Å². The number of hydrogen-bond acceptors (Lipinski definition) is 11. The predicted molar refractivity (Wildman–Crippen MR) is 142 cm³/mol. The van der Waals surface area contributed by atoms with Crippen LogP contribution in [0, 0.1) is 0 Å². The molecule has 0 radical (unpaired) electrons. The van der Waals surface area contributed by atoms with E-state index >= 15 is 0 Å². The molecule has 0 saturated carbocycles. The van der Waals surface area contributed by atoms with Gasteiger partial charge in [0.1, 0.15) is 17.0 Å². The third kappa shape index (κ3) is 5.11. The van der Waals surface area contributed by atoms with Crippen LogP contribution in [0.5, 0.6) is 0 Å². The first-order valence-electron chi connectivity index (χ1n) is 12.2. The second-order valence-electron chi connectivity index (χ2n) is 10.1. The van der Waals surface area contributed by atoms with Gasteiger partial charge < -0.3 is 35.0 Å². The zero-order valence-corrected chi connectivity index (χ0v) is 21.5. The fourth-order valence-electron chi connectivity index (χ4n) is 4.28. The Labute approximate surface area is 220 Å². The van der Waals surface area contributed by atoms with Gasteiger partial charge in [-0.1, -0.05) is 41.6 Å². The number of hydrogen-bond donors (Lipinski definition) is 5. The Morgan fingerprint density at radius 3 is 2.55 bits per heavy atom. The number of aliphatic hydroxyl groups excluding tert-OH is 1. The van der Waals surface area contributed by atoms with Crippen LogP contribution in [0.4, 0.5) is 17.5 Å². The van der Waals surface area contributed by atoms with Gasteiger partial charge in [0.25, 0.3) is 5.89 Å². The zero-order valence-electron chi connectivity index (χ0n) is 21.5. The van der Waals surface area contributed by atoms with E-state index in [1.54, 1.807) is 19.9 Å². The highest BCUT2D eigenvalue weighted by molar-refractivity contribution is 6.62. The molecule has 11 nitrogen and oxygen atoms in total. The third-order valence-corrected chi connectivity index (χ3v) is 6.32. The molecule has 0 saturated heterocycles. The minimum Gasteiger partial charge on any atom is -0.423 e. The van der Waals surface area contributed by atoms with Gasteiger partial charge >= 0.3 is 7.12 Å². The van der Waals surface area contributed by atoms with Crippen LogP contribution in [0.2, 0.25) is 0 Å². The van der Waals surface area contributed by atoms with E-state index in [9.17, 15) is 15.2 Å². The van der Waals surface area contributed by atoms with Crippen LogP contribution in [0.1, 0.15) is 50.7 Å². The van der Waals surface area contributed by atoms with Crippen molar-refractivity contribution < 1.29 is 24.4 Å². The second-order valence-corrected chi connectivity index (χ2v) is 10.1. The summed E-state index contributed by atoms with van der Waals surface area (Å²) < 4.78 is 11.1. The molecule has 0 aliphatic carbocycles. The van der Waals surface area contributed by atoms with Crippen LogP contribution < -0.4 is 16.1 Å². The molecule has 12 heteroatoms. The molecule has 4 aromatic rings. The normalized spacial score (nSPS) is 15.3. The topological polar surface area (TPSA) is 159 Å². The molecular formula is C26H29BN6O5. The summed E-state index contributed by atoms with van der Waals surface area (Å²) in [5.41, 5.74) is 1.59. The van der Waals surface area contributed by atoms with Crippen molar-refractivity contribution in [2.45, 2.75) is 44.9 Å². The Bertz CT molecular complexity index is 1440. The molecule has 1 aliphatic rings. The van der Waals surface area contributed by atoms with Crippen molar-refractivity contribution in [3.8, 4) is 11.5 Å². The summed E-state index contributed by atoms with van der Waals surface area (Å²) in [6, 6.07) is 14.5. The Morgan fingerprint density at radius 1 is 1.11 bits per heavy atom. The lowest BCUT2D eigenvalue weighted by molar-refractivity contribution is 0.0661.